The first-order valence-electron chi connectivity index (χ1n) is 6.69. The van der Waals surface area contributed by atoms with E-state index < -0.39 is 0 Å². The minimum absolute atomic E-state index is 0. The van der Waals surface area contributed by atoms with Crippen molar-refractivity contribution in [3.8, 4) is 0 Å². The van der Waals surface area contributed by atoms with Crippen LogP contribution in [0.1, 0.15) is 11.1 Å². The van der Waals surface area contributed by atoms with Crippen molar-refractivity contribution in [3.63, 3.8) is 0 Å². The molecular weight excluding hydrogens is 311 g/mol. The lowest BCUT2D eigenvalue weighted by molar-refractivity contribution is 0.233. The molecule has 1 aliphatic rings. The molecule has 1 aromatic carbocycles. The molecule has 0 bridgehead atoms. The molecule has 1 N–H and O–H groups in total. The smallest absolute Gasteiger partial charge is 0.336 e. The maximum atomic E-state index is 11.7. The molecule has 1 aromatic heterocycles. The van der Waals surface area contributed by atoms with Gasteiger partial charge in [-0.15, -0.1) is 24.8 Å². The first kappa shape index (κ1) is 18.0. The van der Waals surface area contributed by atoms with Crippen LogP contribution in [0.4, 0.5) is 0 Å². The molecule has 2 aromatic rings. The van der Waals surface area contributed by atoms with Gasteiger partial charge in [0.25, 0.3) is 0 Å². The second kappa shape index (κ2) is 7.80. The zero-order valence-corrected chi connectivity index (χ0v) is 13.6. The molecule has 0 saturated carbocycles. The zero-order chi connectivity index (χ0) is 13.2. The Morgan fingerprint density at radius 1 is 1.19 bits per heavy atom. The van der Waals surface area contributed by atoms with Crippen LogP contribution in [0.15, 0.2) is 33.5 Å². The molecule has 0 aliphatic carbocycles. The number of aryl methyl sites for hydroxylation is 1. The molecule has 4 nitrogen and oxygen atoms in total. The number of fused-ring (bicyclic) bond motifs is 1. The first-order valence-corrected chi connectivity index (χ1v) is 6.69. The van der Waals surface area contributed by atoms with Crippen molar-refractivity contribution in [2.45, 2.75) is 13.5 Å². The monoisotopic (exact) mass is 330 g/mol. The van der Waals surface area contributed by atoms with E-state index in [1.807, 2.05) is 19.1 Å². The maximum absolute atomic E-state index is 11.7. The van der Waals surface area contributed by atoms with E-state index in [4.69, 9.17) is 4.42 Å². The van der Waals surface area contributed by atoms with Crippen molar-refractivity contribution < 1.29 is 4.42 Å². The summed E-state index contributed by atoms with van der Waals surface area (Å²) in [5, 5.41) is 4.38. The van der Waals surface area contributed by atoms with E-state index in [0.29, 0.717) is 5.58 Å². The van der Waals surface area contributed by atoms with Gasteiger partial charge in [0.15, 0.2) is 0 Å². The van der Waals surface area contributed by atoms with Crippen molar-refractivity contribution in [1.29, 1.82) is 0 Å². The fourth-order valence-corrected chi connectivity index (χ4v) is 2.58. The number of nitrogens with one attached hydrogen (secondary N) is 1. The Balaban J connectivity index is 0.00000110. The number of benzene rings is 1. The van der Waals surface area contributed by atoms with Crippen LogP contribution in [0.2, 0.25) is 0 Å². The third-order valence-electron chi connectivity index (χ3n) is 3.59. The van der Waals surface area contributed by atoms with Crippen LogP contribution >= 0.6 is 24.8 Å². The Bertz CT molecular complexity index is 652. The average molecular weight is 331 g/mol. The van der Waals surface area contributed by atoms with Gasteiger partial charge in [0.2, 0.25) is 0 Å². The number of halogens is 2. The summed E-state index contributed by atoms with van der Waals surface area (Å²) in [5.74, 6) is 0. The summed E-state index contributed by atoms with van der Waals surface area (Å²) in [6, 6.07) is 7.66. The van der Waals surface area contributed by atoms with Crippen molar-refractivity contribution in [3.05, 3.63) is 45.8 Å². The lowest BCUT2D eigenvalue weighted by Crippen LogP contribution is -2.43. The Morgan fingerprint density at radius 2 is 1.90 bits per heavy atom. The summed E-state index contributed by atoms with van der Waals surface area (Å²) in [6.07, 6.45) is 0. The van der Waals surface area contributed by atoms with E-state index in [-0.39, 0.29) is 30.4 Å². The fraction of sp³-hybridized carbons (Fsp3) is 0.400. The van der Waals surface area contributed by atoms with Crippen LogP contribution in [0, 0.1) is 6.92 Å². The lowest BCUT2D eigenvalue weighted by Gasteiger charge is -2.27. The van der Waals surface area contributed by atoms with Gasteiger partial charge in [0.1, 0.15) is 5.58 Å². The van der Waals surface area contributed by atoms with Crippen LogP contribution in [-0.2, 0) is 6.54 Å². The van der Waals surface area contributed by atoms with Gasteiger partial charge in [-0.1, -0.05) is 12.1 Å². The Hall–Kier alpha value is -1.07. The highest BCUT2D eigenvalue weighted by atomic mass is 35.5. The van der Waals surface area contributed by atoms with Crippen LogP contribution in [0.3, 0.4) is 0 Å². The second-order valence-corrected chi connectivity index (χ2v) is 5.12. The molecule has 0 unspecified atom stereocenters. The van der Waals surface area contributed by atoms with E-state index in [2.05, 4.69) is 16.3 Å². The third-order valence-corrected chi connectivity index (χ3v) is 3.59. The number of piperazine rings is 1. The first-order chi connectivity index (χ1) is 9.22. The fourth-order valence-electron chi connectivity index (χ4n) is 2.58. The van der Waals surface area contributed by atoms with E-state index in [1.54, 1.807) is 6.07 Å². The Kier molecular flexibility index (Phi) is 6.68. The molecular formula is C15H20Cl2N2O2. The SMILES string of the molecule is Cc1ccc2c(CN3CCNCC3)cc(=O)oc2c1.Cl.Cl. The quantitative estimate of drug-likeness (QED) is 0.858. The van der Waals surface area contributed by atoms with Gasteiger partial charge in [0, 0.05) is 44.2 Å². The standard InChI is InChI=1S/C15H18N2O2.2ClH/c1-11-2-3-13-12(9-15(18)19-14(13)8-11)10-17-6-4-16-5-7-17;;/h2-3,8-9,16H,4-7,10H2,1H3;2*1H. The van der Waals surface area contributed by atoms with E-state index in [0.717, 1.165) is 49.2 Å². The third kappa shape index (κ3) is 4.20. The highest BCUT2D eigenvalue weighted by molar-refractivity contribution is 5.85. The molecule has 3 rings (SSSR count). The number of rotatable bonds is 2. The van der Waals surface area contributed by atoms with Crippen molar-refractivity contribution >= 4 is 35.8 Å². The van der Waals surface area contributed by atoms with Crippen molar-refractivity contribution in [2.24, 2.45) is 0 Å². The molecule has 21 heavy (non-hydrogen) atoms. The van der Waals surface area contributed by atoms with Crippen molar-refractivity contribution in [2.75, 3.05) is 26.2 Å². The van der Waals surface area contributed by atoms with Gasteiger partial charge in [-0.25, -0.2) is 4.79 Å². The molecule has 116 valence electrons. The largest absolute Gasteiger partial charge is 0.423 e. The summed E-state index contributed by atoms with van der Waals surface area (Å²) in [5.41, 5.74) is 2.60. The topological polar surface area (TPSA) is 45.5 Å². The number of nitrogens with zero attached hydrogens (tertiary/aromatic N) is 1. The maximum Gasteiger partial charge on any atom is 0.336 e. The van der Waals surface area contributed by atoms with E-state index >= 15 is 0 Å². The minimum Gasteiger partial charge on any atom is -0.423 e. The van der Waals surface area contributed by atoms with Crippen molar-refractivity contribution in [1.82, 2.24) is 10.2 Å². The Morgan fingerprint density at radius 3 is 2.62 bits per heavy atom. The van der Waals surface area contributed by atoms with Crippen LogP contribution < -0.4 is 10.9 Å². The molecule has 1 aliphatic heterocycles. The van der Waals surface area contributed by atoms with Crippen LogP contribution in [0.5, 0.6) is 0 Å². The van der Waals surface area contributed by atoms with Gasteiger partial charge in [-0.05, 0) is 24.1 Å². The van der Waals surface area contributed by atoms with E-state index in [9.17, 15) is 4.79 Å². The summed E-state index contributed by atoms with van der Waals surface area (Å²) in [4.78, 5) is 14.0. The molecule has 0 amide bonds. The number of hydrogen-bond donors (Lipinski definition) is 1. The van der Waals surface area contributed by atoms with Gasteiger partial charge in [-0.3, -0.25) is 4.90 Å². The number of hydrogen-bond acceptors (Lipinski definition) is 4. The molecule has 0 atom stereocenters. The molecule has 2 heterocycles. The normalized spacial score (nSPS) is 15.3. The summed E-state index contributed by atoms with van der Waals surface area (Å²) < 4.78 is 5.29. The van der Waals surface area contributed by atoms with Gasteiger partial charge < -0.3 is 9.73 Å². The molecule has 0 radical (unpaired) electrons. The second-order valence-electron chi connectivity index (χ2n) is 5.12. The predicted octanol–water partition coefficient (Wildman–Crippen LogP) is 2.35. The van der Waals surface area contributed by atoms with Gasteiger partial charge in [0.05, 0.1) is 0 Å². The van der Waals surface area contributed by atoms with Gasteiger partial charge in [-0.2, -0.15) is 0 Å². The van der Waals surface area contributed by atoms with Gasteiger partial charge >= 0.3 is 5.63 Å². The summed E-state index contributed by atoms with van der Waals surface area (Å²) >= 11 is 0. The highest BCUT2D eigenvalue weighted by Gasteiger charge is 2.13. The molecule has 1 saturated heterocycles. The van der Waals surface area contributed by atoms with Crippen LogP contribution in [0.25, 0.3) is 11.0 Å². The molecule has 0 spiro atoms. The predicted molar refractivity (Wildman–Crippen MR) is 89.9 cm³/mol. The van der Waals surface area contributed by atoms with Crippen LogP contribution in [-0.4, -0.2) is 31.1 Å². The van der Waals surface area contributed by atoms with E-state index in [1.165, 1.54) is 0 Å². The highest BCUT2D eigenvalue weighted by Crippen LogP contribution is 2.19. The summed E-state index contributed by atoms with van der Waals surface area (Å²) in [7, 11) is 0. The zero-order valence-electron chi connectivity index (χ0n) is 11.9. The molecule has 1 fully saturated rings. The average Bonchev–Trinajstić information content (AvgIpc) is 2.39. The molecule has 6 heteroatoms. The Labute approximate surface area is 136 Å². The summed E-state index contributed by atoms with van der Waals surface area (Å²) in [6.45, 7) is 6.88. The minimum atomic E-state index is -0.261. The lowest BCUT2D eigenvalue weighted by atomic mass is 10.1.